The summed E-state index contributed by atoms with van der Waals surface area (Å²) in [6, 6.07) is 4.39. The fraction of sp³-hybridized carbons (Fsp3) is 0.583. The summed E-state index contributed by atoms with van der Waals surface area (Å²) in [7, 11) is 0. The molecule has 196 valence electrons. The summed E-state index contributed by atoms with van der Waals surface area (Å²) in [5, 5.41) is 26.7. The van der Waals surface area contributed by atoms with Gasteiger partial charge in [-0.15, -0.1) is 0 Å². The van der Waals surface area contributed by atoms with E-state index in [1.165, 1.54) is 0 Å². The molecule has 0 aliphatic rings. The Bertz CT molecular complexity index is 822. The molecule has 11 nitrogen and oxygen atoms in total. The van der Waals surface area contributed by atoms with Crippen LogP contribution in [0.2, 0.25) is 0 Å². The molecular formula is C24H39N5O6. The Hall–Kier alpha value is -3.02. The Kier molecular flexibility index (Phi) is 13.5. The first-order chi connectivity index (χ1) is 16.6. The van der Waals surface area contributed by atoms with Gasteiger partial charge in [0.15, 0.2) is 0 Å². The third kappa shape index (κ3) is 10.4. The zero-order valence-corrected chi connectivity index (χ0v) is 20.4. The number of nitrogens with one attached hydrogen (secondary N) is 3. The Labute approximate surface area is 206 Å². The highest BCUT2D eigenvalue weighted by Crippen LogP contribution is 2.10. The predicted molar refractivity (Wildman–Crippen MR) is 131 cm³/mol. The molecule has 0 saturated heterocycles. The van der Waals surface area contributed by atoms with Crippen molar-refractivity contribution in [3.05, 3.63) is 35.9 Å². The lowest BCUT2D eigenvalue weighted by Gasteiger charge is -2.26. The van der Waals surface area contributed by atoms with Crippen molar-refractivity contribution in [1.29, 1.82) is 0 Å². The van der Waals surface area contributed by atoms with Gasteiger partial charge in [-0.1, -0.05) is 57.0 Å². The number of carboxylic acid groups (broad SMARTS) is 1. The second-order valence-electron chi connectivity index (χ2n) is 8.60. The molecule has 0 saturated carbocycles. The molecule has 0 aliphatic carbocycles. The number of amides is 3. The van der Waals surface area contributed by atoms with Crippen molar-refractivity contribution in [1.82, 2.24) is 16.0 Å². The normalized spacial score (nSPS) is 15.2. The van der Waals surface area contributed by atoms with Crippen LogP contribution in [-0.4, -0.2) is 71.2 Å². The number of rotatable bonds is 16. The molecule has 11 heteroatoms. The molecule has 35 heavy (non-hydrogen) atoms. The van der Waals surface area contributed by atoms with Crippen LogP contribution in [0.3, 0.4) is 0 Å². The van der Waals surface area contributed by atoms with Gasteiger partial charge in [-0.2, -0.15) is 0 Å². The summed E-state index contributed by atoms with van der Waals surface area (Å²) in [6.07, 6.45) is 2.32. The van der Waals surface area contributed by atoms with Gasteiger partial charge in [0, 0.05) is 6.42 Å². The predicted octanol–water partition coefficient (Wildman–Crippen LogP) is -0.737. The maximum absolute atomic E-state index is 13.0. The smallest absolute Gasteiger partial charge is 0.326 e. The number of unbranched alkanes of at least 4 members (excludes halogenated alkanes) is 1. The Morgan fingerprint density at radius 2 is 1.54 bits per heavy atom. The van der Waals surface area contributed by atoms with Gasteiger partial charge in [-0.25, -0.2) is 4.79 Å². The quantitative estimate of drug-likeness (QED) is 0.146. The molecule has 0 fully saturated rings. The van der Waals surface area contributed by atoms with Gasteiger partial charge in [0.2, 0.25) is 17.7 Å². The number of aliphatic hydroxyl groups is 1. The van der Waals surface area contributed by atoms with Crippen molar-refractivity contribution in [3.8, 4) is 0 Å². The summed E-state index contributed by atoms with van der Waals surface area (Å²) in [6.45, 7) is 3.28. The van der Waals surface area contributed by atoms with Gasteiger partial charge >= 0.3 is 5.97 Å². The standard InChI is InChI=1S/C24H39N5O6/c1-3-15(2)20(24(34)35)29-22(32)18(13-16-9-5-4-6-10-16)27-23(33)19(14-30)28-21(31)17(26)11-7-8-12-25/h4-6,9-10,15,17-20,30H,3,7-8,11-14,25-26H2,1-2H3,(H,27,33)(H,28,31)(H,29,32)(H,34,35). The van der Waals surface area contributed by atoms with Crippen LogP contribution in [0.25, 0.3) is 0 Å². The van der Waals surface area contributed by atoms with Crippen molar-refractivity contribution in [2.75, 3.05) is 13.2 Å². The van der Waals surface area contributed by atoms with Crippen molar-refractivity contribution < 1.29 is 29.4 Å². The van der Waals surface area contributed by atoms with E-state index < -0.39 is 54.5 Å². The molecule has 9 N–H and O–H groups in total. The number of carbonyl (C=O) groups excluding carboxylic acids is 3. The molecule has 5 atom stereocenters. The molecular weight excluding hydrogens is 454 g/mol. The molecule has 1 rings (SSSR count). The van der Waals surface area contributed by atoms with Crippen LogP contribution in [0, 0.1) is 5.92 Å². The molecule has 0 bridgehead atoms. The molecule has 0 radical (unpaired) electrons. The van der Waals surface area contributed by atoms with E-state index in [-0.39, 0.29) is 12.3 Å². The second kappa shape index (κ2) is 15.8. The summed E-state index contributed by atoms with van der Waals surface area (Å²) in [5.41, 5.74) is 12.0. The van der Waals surface area contributed by atoms with E-state index in [0.717, 1.165) is 5.56 Å². The third-order valence-electron chi connectivity index (χ3n) is 5.81. The van der Waals surface area contributed by atoms with Crippen LogP contribution in [0.1, 0.15) is 45.1 Å². The molecule has 0 spiro atoms. The Morgan fingerprint density at radius 3 is 2.09 bits per heavy atom. The topological polar surface area (TPSA) is 197 Å². The van der Waals surface area contributed by atoms with Crippen LogP contribution >= 0.6 is 0 Å². The van der Waals surface area contributed by atoms with Crippen LogP contribution in [0.4, 0.5) is 0 Å². The van der Waals surface area contributed by atoms with Crippen molar-refractivity contribution >= 4 is 23.7 Å². The molecule has 3 amide bonds. The average molecular weight is 494 g/mol. The lowest BCUT2D eigenvalue weighted by molar-refractivity contribution is -0.143. The SMILES string of the molecule is CCC(C)C(NC(=O)C(Cc1ccccc1)NC(=O)C(CO)NC(=O)C(N)CCCCN)C(=O)O. The highest BCUT2D eigenvalue weighted by Gasteiger charge is 2.31. The average Bonchev–Trinajstić information content (AvgIpc) is 2.84. The Balaban J connectivity index is 2.97. The summed E-state index contributed by atoms with van der Waals surface area (Å²) in [4.78, 5) is 49.9. The zero-order chi connectivity index (χ0) is 26.4. The summed E-state index contributed by atoms with van der Waals surface area (Å²) >= 11 is 0. The lowest BCUT2D eigenvalue weighted by Crippen LogP contribution is -2.59. The molecule has 5 unspecified atom stereocenters. The van der Waals surface area contributed by atoms with E-state index in [1.54, 1.807) is 37.3 Å². The summed E-state index contributed by atoms with van der Waals surface area (Å²) in [5.74, 6) is -3.60. The van der Waals surface area contributed by atoms with Crippen LogP contribution in [0.5, 0.6) is 0 Å². The highest BCUT2D eigenvalue weighted by molar-refractivity contribution is 5.94. The van der Waals surface area contributed by atoms with Crippen molar-refractivity contribution in [2.45, 2.75) is 70.1 Å². The van der Waals surface area contributed by atoms with E-state index in [2.05, 4.69) is 16.0 Å². The van der Waals surface area contributed by atoms with Gasteiger partial charge < -0.3 is 37.6 Å². The lowest BCUT2D eigenvalue weighted by atomic mass is 9.98. The number of aliphatic carboxylic acids is 1. The maximum atomic E-state index is 13.0. The molecule has 1 aromatic carbocycles. The number of nitrogens with two attached hydrogens (primary N) is 2. The van der Waals surface area contributed by atoms with Gasteiger partial charge in [0.25, 0.3) is 0 Å². The number of aliphatic hydroxyl groups excluding tert-OH is 1. The number of hydrogen-bond donors (Lipinski definition) is 7. The molecule has 0 heterocycles. The van der Waals surface area contributed by atoms with Crippen LogP contribution in [0.15, 0.2) is 30.3 Å². The maximum Gasteiger partial charge on any atom is 0.326 e. The van der Waals surface area contributed by atoms with Crippen molar-refractivity contribution in [2.24, 2.45) is 17.4 Å². The summed E-state index contributed by atoms with van der Waals surface area (Å²) < 4.78 is 0. The van der Waals surface area contributed by atoms with E-state index >= 15 is 0 Å². The molecule has 0 aromatic heterocycles. The minimum absolute atomic E-state index is 0.0793. The van der Waals surface area contributed by atoms with E-state index in [0.29, 0.717) is 32.2 Å². The first-order valence-electron chi connectivity index (χ1n) is 11.9. The fourth-order valence-corrected chi connectivity index (χ4v) is 3.38. The number of hydrogen-bond acceptors (Lipinski definition) is 7. The number of carbonyl (C=O) groups is 4. The highest BCUT2D eigenvalue weighted by atomic mass is 16.4. The van der Waals surface area contributed by atoms with Crippen LogP contribution in [-0.2, 0) is 25.6 Å². The van der Waals surface area contributed by atoms with Gasteiger partial charge in [-0.05, 0) is 30.9 Å². The zero-order valence-electron chi connectivity index (χ0n) is 20.4. The minimum atomic E-state index is -1.33. The van der Waals surface area contributed by atoms with Gasteiger partial charge in [0.05, 0.1) is 12.6 Å². The number of benzene rings is 1. The van der Waals surface area contributed by atoms with E-state index in [1.807, 2.05) is 6.92 Å². The van der Waals surface area contributed by atoms with Gasteiger partial charge in [-0.3, -0.25) is 14.4 Å². The first-order valence-corrected chi connectivity index (χ1v) is 11.9. The van der Waals surface area contributed by atoms with Crippen LogP contribution < -0.4 is 27.4 Å². The Morgan fingerprint density at radius 1 is 0.943 bits per heavy atom. The van der Waals surface area contributed by atoms with Crippen molar-refractivity contribution in [3.63, 3.8) is 0 Å². The van der Waals surface area contributed by atoms with Gasteiger partial charge in [0.1, 0.15) is 18.1 Å². The van der Waals surface area contributed by atoms with E-state index in [9.17, 15) is 29.4 Å². The fourth-order valence-electron chi connectivity index (χ4n) is 3.38. The number of carboxylic acids is 1. The monoisotopic (exact) mass is 493 g/mol. The van der Waals surface area contributed by atoms with E-state index in [4.69, 9.17) is 11.5 Å². The molecule has 0 aliphatic heterocycles. The third-order valence-corrected chi connectivity index (χ3v) is 5.81. The second-order valence-corrected chi connectivity index (χ2v) is 8.60. The minimum Gasteiger partial charge on any atom is -0.480 e. The first kappa shape index (κ1) is 30.0. The molecule has 1 aromatic rings. The largest absolute Gasteiger partial charge is 0.480 e.